The highest BCUT2D eigenvalue weighted by atomic mass is 16.5. The van der Waals surface area contributed by atoms with Gasteiger partial charge in [-0.25, -0.2) is 9.78 Å². The maximum Gasteiger partial charge on any atom is 0.336 e. The molecule has 0 spiro atoms. The lowest BCUT2D eigenvalue weighted by Crippen LogP contribution is -2.11. The maximum atomic E-state index is 11.5. The Morgan fingerprint density at radius 1 is 1.40 bits per heavy atom. The molecule has 2 aromatic rings. The maximum absolute atomic E-state index is 11.5. The van der Waals surface area contributed by atoms with Crippen LogP contribution in [-0.2, 0) is 0 Å². The molecule has 0 fully saturated rings. The monoisotopic (exact) mass is 276 g/mol. The second kappa shape index (κ2) is 5.43. The predicted octanol–water partition coefficient (Wildman–Crippen LogP) is 1.58. The first-order chi connectivity index (χ1) is 9.54. The van der Waals surface area contributed by atoms with Gasteiger partial charge >= 0.3 is 5.97 Å². The molecule has 20 heavy (non-hydrogen) atoms. The summed E-state index contributed by atoms with van der Waals surface area (Å²) in [5, 5.41) is 9.05. The summed E-state index contributed by atoms with van der Waals surface area (Å²) in [4.78, 5) is 28.8. The van der Waals surface area contributed by atoms with Gasteiger partial charge in [-0.1, -0.05) is 6.07 Å². The number of carbonyl (C=O) groups is 1. The largest absolute Gasteiger partial charge is 0.487 e. The molecule has 0 unspecified atom stereocenters. The fourth-order valence-electron chi connectivity index (χ4n) is 1.68. The standard InChI is InChI=1S/C13H12N2O5/c1-7-8(13(17)18)4-3-5-9(7)20-12-10(19-2)11(16)14-6-15-12/h3-6H,1-2H3,(H,17,18)(H,14,15,16). The number of aromatic carboxylic acids is 1. The van der Waals surface area contributed by atoms with Gasteiger partial charge in [-0.3, -0.25) is 4.79 Å². The number of H-pyrrole nitrogens is 1. The molecule has 2 N–H and O–H groups in total. The van der Waals surface area contributed by atoms with Crippen molar-refractivity contribution in [2.24, 2.45) is 0 Å². The molecule has 0 aliphatic rings. The fraction of sp³-hybridized carbons (Fsp3) is 0.154. The van der Waals surface area contributed by atoms with Gasteiger partial charge in [-0.15, -0.1) is 0 Å². The van der Waals surface area contributed by atoms with E-state index in [-0.39, 0.29) is 17.2 Å². The molecule has 0 atom stereocenters. The Morgan fingerprint density at radius 2 is 2.15 bits per heavy atom. The smallest absolute Gasteiger partial charge is 0.336 e. The van der Waals surface area contributed by atoms with E-state index in [1.807, 2.05) is 0 Å². The van der Waals surface area contributed by atoms with Crippen molar-refractivity contribution in [2.75, 3.05) is 7.11 Å². The molecule has 0 aliphatic heterocycles. The number of hydrogen-bond acceptors (Lipinski definition) is 5. The van der Waals surface area contributed by atoms with Crippen molar-refractivity contribution in [3.05, 3.63) is 46.0 Å². The number of ether oxygens (including phenoxy) is 2. The molecule has 2 rings (SSSR count). The number of nitrogens with one attached hydrogen (secondary N) is 1. The van der Waals surface area contributed by atoms with Gasteiger partial charge in [0.05, 0.1) is 19.0 Å². The van der Waals surface area contributed by atoms with Gasteiger partial charge in [-0.05, 0) is 19.1 Å². The molecule has 0 saturated carbocycles. The van der Waals surface area contributed by atoms with Crippen molar-refractivity contribution in [3.63, 3.8) is 0 Å². The molecule has 0 bridgehead atoms. The Labute approximate surface area is 113 Å². The topological polar surface area (TPSA) is 102 Å². The molecule has 1 heterocycles. The molecular formula is C13H12N2O5. The number of methoxy groups -OCH3 is 1. The van der Waals surface area contributed by atoms with Crippen LogP contribution < -0.4 is 15.0 Å². The summed E-state index contributed by atoms with van der Waals surface area (Å²) >= 11 is 0. The molecule has 7 heteroatoms. The zero-order chi connectivity index (χ0) is 14.7. The van der Waals surface area contributed by atoms with Gasteiger partial charge in [0, 0.05) is 5.56 Å². The van der Waals surface area contributed by atoms with Crippen LogP contribution in [0.3, 0.4) is 0 Å². The van der Waals surface area contributed by atoms with Crippen molar-refractivity contribution in [3.8, 4) is 17.4 Å². The second-order valence-electron chi connectivity index (χ2n) is 3.91. The van der Waals surface area contributed by atoms with Crippen LogP contribution in [0.25, 0.3) is 0 Å². The summed E-state index contributed by atoms with van der Waals surface area (Å²) in [5.74, 6) is -0.866. The molecule has 0 amide bonds. The minimum Gasteiger partial charge on any atom is -0.487 e. The summed E-state index contributed by atoms with van der Waals surface area (Å²) in [6.45, 7) is 1.61. The molecule has 1 aromatic heterocycles. The quantitative estimate of drug-likeness (QED) is 0.879. The summed E-state index contributed by atoms with van der Waals surface area (Å²) in [7, 11) is 1.32. The van der Waals surface area contributed by atoms with E-state index in [4.69, 9.17) is 14.6 Å². The third-order valence-corrected chi connectivity index (χ3v) is 2.70. The number of hydrogen-bond donors (Lipinski definition) is 2. The zero-order valence-corrected chi connectivity index (χ0v) is 10.8. The number of rotatable bonds is 4. The van der Waals surface area contributed by atoms with E-state index >= 15 is 0 Å². The SMILES string of the molecule is COc1c(Oc2cccc(C(=O)O)c2C)nc[nH]c1=O. The van der Waals surface area contributed by atoms with Crippen molar-refractivity contribution in [2.45, 2.75) is 6.92 Å². The van der Waals surface area contributed by atoms with Gasteiger partial charge < -0.3 is 19.6 Å². The van der Waals surface area contributed by atoms with Crippen LogP contribution in [0, 0.1) is 6.92 Å². The van der Waals surface area contributed by atoms with E-state index in [0.29, 0.717) is 11.3 Å². The van der Waals surface area contributed by atoms with E-state index in [9.17, 15) is 9.59 Å². The second-order valence-corrected chi connectivity index (χ2v) is 3.91. The normalized spacial score (nSPS) is 10.1. The van der Waals surface area contributed by atoms with Gasteiger partial charge in [0.2, 0.25) is 5.75 Å². The summed E-state index contributed by atoms with van der Waals surface area (Å²) in [6.07, 6.45) is 1.18. The van der Waals surface area contributed by atoms with Crippen molar-refractivity contribution >= 4 is 5.97 Å². The Balaban J connectivity index is 2.46. The summed E-state index contributed by atoms with van der Waals surface area (Å²) in [5.41, 5.74) is 0.0694. The van der Waals surface area contributed by atoms with Crippen LogP contribution in [0.4, 0.5) is 0 Å². The van der Waals surface area contributed by atoms with E-state index in [2.05, 4.69) is 9.97 Å². The Kier molecular flexibility index (Phi) is 3.69. The highest BCUT2D eigenvalue weighted by molar-refractivity contribution is 5.90. The highest BCUT2D eigenvalue weighted by Crippen LogP contribution is 2.29. The van der Waals surface area contributed by atoms with Gasteiger partial charge in [-0.2, -0.15) is 0 Å². The van der Waals surface area contributed by atoms with E-state index in [0.717, 1.165) is 0 Å². The lowest BCUT2D eigenvalue weighted by Gasteiger charge is -2.11. The number of carboxylic acid groups (broad SMARTS) is 1. The van der Waals surface area contributed by atoms with Gasteiger partial charge in [0.25, 0.3) is 11.4 Å². The number of aromatic nitrogens is 2. The van der Waals surface area contributed by atoms with Crippen LogP contribution in [0.2, 0.25) is 0 Å². The minimum absolute atomic E-state index is 0.0260. The number of aromatic amines is 1. The minimum atomic E-state index is -1.06. The summed E-state index contributed by atoms with van der Waals surface area (Å²) < 4.78 is 10.4. The lowest BCUT2D eigenvalue weighted by molar-refractivity contribution is 0.0695. The molecule has 0 radical (unpaired) electrons. The lowest BCUT2D eigenvalue weighted by atomic mass is 10.1. The third kappa shape index (κ3) is 2.46. The first kappa shape index (κ1) is 13.6. The zero-order valence-electron chi connectivity index (χ0n) is 10.8. The number of carboxylic acids is 1. The first-order valence-corrected chi connectivity index (χ1v) is 5.67. The van der Waals surface area contributed by atoms with Crippen LogP contribution in [0.15, 0.2) is 29.3 Å². The average molecular weight is 276 g/mol. The van der Waals surface area contributed by atoms with Crippen LogP contribution >= 0.6 is 0 Å². The van der Waals surface area contributed by atoms with Crippen molar-refractivity contribution < 1.29 is 19.4 Å². The van der Waals surface area contributed by atoms with E-state index < -0.39 is 11.5 Å². The average Bonchev–Trinajstić information content (AvgIpc) is 2.41. The Morgan fingerprint density at radius 3 is 2.80 bits per heavy atom. The van der Waals surface area contributed by atoms with Crippen LogP contribution in [-0.4, -0.2) is 28.2 Å². The fourth-order valence-corrected chi connectivity index (χ4v) is 1.68. The number of benzene rings is 1. The molecule has 0 aliphatic carbocycles. The molecule has 7 nitrogen and oxygen atoms in total. The predicted molar refractivity (Wildman–Crippen MR) is 69.6 cm³/mol. The highest BCUT2D eigenvalue weighted by Gasteiger charge is 2.15. The van der Waals surface area contributed by atoms with Crippen LogP contribution in [0.5, 0.6) is 17.4 Å². The van der Waals surface area contributed by atoms with Gasteiger partial charge in [0.1, 0.15) is 5.75 Å². The van der Waals surface area contributed by atoms with E-state index in [1.165, 1.54) is 19.5 Å². The molecule has 1 aromatic carbocycles. The number of nitrogens with zero attached hydrogens (tertiary/aromatic N) is 1. The van der Waals surface area contributed by atoms with E-state index in [1.54, 1.807) is 19.1 Å². The summed E-state index contributed by atoms with van der Waals surface area (Å²) in [6, 6.07) is 4.60. The Bertz CT molecular complexity index is 708. The molecule has 0 saturated heterocycles. The van der Waals surface area contributed by atoms with Crippen molar-refractivity contribution in [1.29, 1.82) is 0 Å². The molecule has 104 valence electrons. The van der Waals surface area contributed by atoms with Crippen LogP contribution in [0.1, 0.15) is 15.9 Å². The third-order valence-electron chi connectivity index (χ3n) is 2.70. The van der Waals surface area contributed by atoms with Crippen molar-refractivity contribution in [1.82, 2.24) is 9.97 Å². The van der Waals surface area contributed by atoms with Gasteiger partial charge in [0.15, 0.2) is 0 Å². The first-order valence-electron chi connectivity index (χ1n) is 5.67. The molecular weight excluding hydrogens is 264 g/mol. The Hall–Kier alpha value is -2.83.